The molecule has 0 bridgehead atoms. The number of guanidine groups is 1. The second-order valence-electron chi connectivity index (χ2n) is 2.63. The molecule has 0 unspecified atom stereocenters. The van der Waals surface area contributed by atoms with E-state index in [1.807, 2.05) is 0 Å². The van der Waals surface area contributed by atoms with E-state index in [0.717, 1.165) is 32.1 Å². The molecule has 1 fully saturated rings. The van der Waals surface area contributed by atoms with Gasteiger partial charge in [0, 0.05) is 33.2 Å². The molecule has 68 valence electrons. The van der Waals surface area contributed by atoms with Crippen LogP contribution in [0, 0.1) is 0 Å². The van der Waals surface area contributed by atoms with Gasteiger partial charge in [0.2, 0.25) is 0 Å². The van der Waals surface area contributed by atoms with Gasteiger partial charge in [-0.2, -0.15) is 0 Å². The molecule has 1 rings (SSSR count). The Bertz CT molecular complexity index is 170. The van der Waals surface area contributed by atoms with E-state index in [4.69, 9.17) is 0 Å². The molecule has 0 aromatic heterocycles. The largest absolute Gasteiger partial charge is 0.340 e. The van der Waals surface area contributed by atoms with Gasteiger partial charge in [0.15, 0.2) is 5.96 Å². The number of hydrogen-bond acceptors (Lipinski definition) is 2. The van der Waals surface area contributed by atoms with E-state index in [1.165, 1.54) is 0 Å². The van der Waals surface area contributed by atoms with Crippen LogP contribution < -0.4 is 10.6 Å². The fraction of sp³-hybridized carbons (Fsp3) is 0.625. The van der Waals surface area contributed by atoms with Crippen molar-refractivity contribution in [2.24, 2.45) is 4.99 Å². The van der Waals surface area contributed by atoms with E-state index in [2.05, 4.69) is 27.1 Å². The van der Waals surface area contributed by atoms with Crippen LogP contribution in [0.5, 0.6) is 0 Å². The van der Waals surface area contributed by atoms with Gasteiger partial charge in [-0.25, -0.2) is 0 Å². The van der Waals surface area contributed by atoms with Crippen LogP contribution in [0.15, 0.2) is 17.8 Å². The van der Waals surface area contributed by atoms with Gasteiger partial charge in [-0.15, -0.1) is 0 Å². The standard InChI is InChI=1S/C8H16N4/c1-3-11-8(9-2)12-6-4-10-5-7-12/h3,10H,1,4-7H2,2H3,(H,9,11). The van der Waals surface area contributed by atoms with E-state index < -0.39 is 0 Å². The van der Waals surface area contributed by atoms with Gasteiger partial charge in [0.05, 0.1) is 0 Å². The summed E-state index contributed by atoms with van der Waals surface area (Å²) >= 11 is 0. The van der Waals surface area contributed by atoms with Gasteiger partial charge in [0.25, 0.3) is 0 Å². The van der Waals surface area contributed by atoms with E-state index in [9.17, 15) is 0 Å². The molecule has 0 saturated carbocycles. The Labute approximate surface area is 73.4 Å². The fourth-order valence-electron chi connectivity index (χ4n) is 1.27. The quantitative estimate of drug-likeness (QED) is 0.414. The average molecular weight is 168 g/mol. The molecule has 1 saturated heterocycles. The molecule has 4 nitrogen and oxygen atoms in total. The van der Waals surface area contributed by atoms with E-state index >= 15 is 0 Å². The summed E-state index contributed by atoms with van der Waals surface area (Å²) in [4.78, 5) is 6.34. The molecule has 0 aliphatic carbocycles. The zero-order valence-corrected chi connectivity index (χ0v) is 7.51. The molecule has 0 atom stereocenters. The third-order valence-corrected chi connectivity index (χ3v) is 1.86. The molecule has 0 aromatic carbocycles. The summed E-state index contributed by atoms with van der Waals surface area (Å²) < 4.78 is 0. The minimum Gasteiger partial charge on any atom is -0.340 e. The molecular weight excluding hydrogens is 152 g/mol. The number of hydrogen-bond donors (Lipinski definition) is 2. The maximum atomic E-state index is 4.13. The van der Waals surface area contributed by atoms with Crippen molar-refractivity contribution in [3.63, 3.8) is 0 Å². The van der Waals surface area contributed by atoms with E-state index in [-0.39, 0.29) is 0 Å². The topological polar surface area (TPSA) is 39.7 Å². The number of piperazine rings is 1. The second kappa shape index (κ2) is 4.77. The van der Waals surface area contributed by atoms with Gasteiger partial charge in [-0.3, -0.25) is 4.99 Å². The maximum absolute atomic E-state index is 4.13. The highest BCUT2D eigenvalue weighted by atomic mass is 15.3. The monoisotopic (exact) mass is 168 g/mol. The summed E-state index contributed by atoms with van der Waals surface area (Å²) in [5.41, 5.74) is 0. The van der Waals surface area contributed by atoms with Gasteiger partial charge in [0.1, 0.15) is 0 Å². The predicted molar refractivity (Wildman–Crippen MR) is 51.1 cm³/mol. The van der Waals surface area contributed by atoms with Crippen molar-refractivity contribution >= 4 is 5.96 Å². The molecule has 0 spiro atoms. The smallest absolute Gasteiger partial charge is 0.197 e. The van der Waals surface area contributed by atoms with Crippen molar-refractivity contribution in [1.29, 1.82) is 0 Å². The highest BCUT2D eigenvalue weighted by Crippen LogP contribution is 1.92. The normalized spacial score (nSPS) is 19.1. The van der Waals surface area contributed by atoms with E-state index in [0.29, 0.717) is 0 Å². The number of nitrogens with zero attached hydrogens (tertiary/aromatic N) is 2. The number of aliphatic imine (C=N–C) groups is 1. The van der Waals surface area contributed by atoms with E-state index in [1.54, 1.807) is 13.2 Å². The zero-order chi connectivity index (χ0) is 8.81. The second-order valence-corrected chi connectivity index (χ2v) is 2.63. The molecule has 0 radical (unpaired) electrons. The Morgan fingerprint density at radius 1 is 1.58 bits per heavy atom. The molecule has 4 heteroatoms. The fourth-order valence-corrected chi connectivity index (χ4v) is 1.27. The molecule has 1 aliphatic rings. The maximum Gasteiger partial charge on any atom is 0.197 e. The van der Waals surface area contributed by atoms with Gasteiger partial charge in [-0.05, 0) is 6.20 Å². The Balaban J connectivity index is 2.46. The minimum atomic E-state index is 0.909. The SMILES string of the molecule is C=CNC(=NC)N1CCNCC1. The van der Waals surface area contributed by atoms with Gasteiger partial charge in [-0.1, -0.05) is 6.58 Å². The Kier molecular flexibility index (Phi) is 3.60. The van der Waals surface area contributed by atoms with Crippen LogP contribution in [-0.4, -0.2) is 44.1 Å². The van der Waals surface area contributed by atoms with Crippen molar-refractivity contribution in [3.8, 4) is 0 Å². The van der Waals surface area contributed by atoms with Crippen molar-refractivity contribution in [3.05, 3.63) is 12.8 Å². The van der Waals surface area contributed by atoms with Crippen molar-refractivity contribution in [2.75, 3.05) is 33.2 Å². The number of nitrogens with one attached hydrogen (secondary N) is 2. The summed E-state index contributed by atoms with van der Waals surface area (Å²) in [7, 11) is 1.79. The van der Waals surface area contributed by atoms with Gasteiger partial charge >= 0.3 is 0 Å². The molecule has 12 heavy (non-hydrogen) atoms. The average Bonchev–Trinajstić information content (AvgIpc) is 2.15. The van der Waals surface area contributed by atoms with Crippen LogP contribution in [-0.2, 0) is 0 Å². The minimum absolute atomic E-state index is 0.909. The molecule has 1 aliphatic heterocycles. The summed E-state index contributed by atoms with van der Waals surface area (Å²) in [6.07, 6.45) is 1.66. The molecule has 0 aromatic rings. The first-order chi connectivity index (χ1) is 5.88. The highest BCUT2D eigenvalue weighted by molar-refractivity contribution is 5.80. The Morgan fingerprint density at radius 2 is 2.25 bits per heavy atom. The van der Waals surface area contributed by atoms with Crippen molar-refractivity contribution < 1.29 is 0 Å². The molecular formula is C8H16N4. The van der Waals surface area contributed by atoms with Crippen LogP contribution in [0.2, 0.25) is 0 Å². The van der Waals surface area contributed by atoms with Crippen molar-refractivity contribution in [1.82, 2.24) is 15.5 Å². The Morgan fingerprint density at radius 3 is 2.75 bits per heavy atom. The predicted octanol–water partition coefficient (Wildman–Crippen LogP) is -0.389. The van der Waals surface area contributed by atoms with Crippen LogP contribution in [0.1, 0.15) is 0 Å². The lowest BCUT2D eigenvalue weighted by atomic mass is 10.4. The summed E-state index contributed by atoms with van der Waals surface area (Å²) in [5.74, 6) is 0.909. The highest BCUT2D eigenvalue weighted by Gasteiger charge is 2.11. The molecule has 2 N–H and O–H groups in total. The van der Waals surface area contributed by atoms with Gasteiger partial charge < -0.3 is 15.5 Å². The zero-order valence-electron chi connectivity index (χ0n) is 7.51. The lowest BCUT2D eigenvalue weighted by Crippen LogP contribution is -2.49. The van der Waals surface area contributed by atoms with Crippen LogP contribution in [0.4, 0.5) is 0 Å². The third-order valence-electron chi connectivity index (χ3n) is 1.86. The lowest BCUT2D eigenvalue weighted by molar-refractivity contribution is 0.350. The number of rotatable bonds is 1. The summed E-state index contributed by atoms with van der Waals surface area (Å²) in [5, 5.41) is 6.30. The first-order valence-corrected chi connectivity index (χ1v) is 4.18. The third kappa shape index (κ3) is 2.23. The van der Waals surface area contributed by atoms with Crippen LogP contribution >= 0.6 is 0 Å². The Hall–Kier alpha value is -1.03. The first-order valence-electron chi connectivity index (χ1n) is 4.18. The first kappa shape index (κ1) is 9.06. The summed E-state index contributed by atoms with van der Waals surface area (Å²) in [6.45, 7) is 7.68. The lowest BCUT2D eigenvalue weighted by Gasteiger charge is -2.29. The molecule has 1 heterocycles. The molecule has 0 amide bonds. The van der Waals surface area contributed by atoms with Crippen LogP contribution in [0.3, 0.4) is 0 Å². The summed E-state index contributed by atoms with van der Waals surface area (Å²) in [6, 6.07) is 0. The van der Waals surface area contributed by atoms with Crippen molar-refractivity contribution in [2.45, 2.75) is 0 Å². The van der Waals surface area contributed by atoms with Crippen LogP contribution in [0.25, 0.3) is 0 Å².